The Morgan fingerprint density at radius 1 is 1.03 bits per heavy atom. The quantitative estimate of drug-likeness (QED) is 0.714. The molecule has 1 saturated heterocycles. The molecule has 2 aromatic carbocycles. The molecule has 1 N–H and O–H groups in total. The summed E-state index contributed by atoms with van der Waals surface area (Å²) < 4.78 is 11.2. The predicted molar refractivity (Wildman–Crippen MR) is 114 cm³/mol. The molecule has 1 aromatic heterocycles. The van der Waals surface area contributed by atoms with Gasteiger partial charge in [0.25, 0.3) is 5.91 Å². The van der Waals surface area contributed by atoms with Gasteiger partial charge in [0, 0.05) is 24.9 Å². The van der Waals surface area contributed by atoms with Crippen LogP contribution in [0.15, 0.2) is 52.9 Å². The SMILES string of the molecule is O=C(CC1CCc2ccccc21)Nc1c(C(=O)N2CCOCC2)oc2ccccc12. The van der Waals surface area contributed by atoms with Gasteiger partial charge in [-0.1, -0.05) is 36.4 Å². The largest absolute Gasteiger partial charge is 0.449 e. The third kappa shape index (κ3) is 3.48. The van der Waals surface area contributed by atoms with E-state index in [1.54, 1.807) is 4.90 Å². The maximum absolute atomic E-state index is 13.1. The van der Waals surface area contributed by atoms with Crippen molar-refractivity contribution >= 4 is 28.5 Å². The Hall–Kier alpha value is -3.12. The Balaban J connectivity index is 1.40. The van der Waals surface area contributed by atoms with Gasteiger partial charge in [0.1, 0.15) is 11.3 Å². The van der Waals surface area contributed by atoms with Crippen molar-refractivity contribution in [2.24, 2.45) is 0 Å². The molecule has 2 heterocycles. The van der Waals surface area contributed by atoms with Gasteiger partial charge in [-0.3, -0.25) is 9.59 Å². The molecule has 1 aliphatic heterocycles. The molecular weight excluding hydrogens is 380 g/mol. The van der Waals surface area contributed by atoms with E-state index in [4.69, 9.17) is 9.15 Å². The Morgan fingerprint density at radius 3 is 2.67 bits per heavy atom. The Morgan fingerprint density at radius 2 is 1.80 bits per heavy atom. The number of hydrogen-bond donors (Lipinski definition) is 1. The predicted octanol–water partition coefficient (Wildman–Crippen LogP) is 3.96. The van der Waals surface area contributed by atoms with E-state index in [1.807, 2.05) is 36.4 Å². The van der Waals surface area contributed by atoms with Gasteiger partial charge in [-0.05, 0) is 42.0 Å². The minimum Gasteiger partial charge on any atom is -0.449 e. The third-order valence-corrected chi connectivity index (χ3v) is 6.04. The van der Waals surface area contributed by atoms with Crippen LogP contribution in [0.1, 0.15) is 40.4 Å². The summed E-state index contributed by atoms with van der Waals surface area (Å²) in [5.74, 6) is 0.0892. The van der Waals surface area contributed by atoms with Crippen LogP contribution in [0.5, 0.6) is 0 Å². The fraction of sp³-hybridized carbons (Fsp3) is 0.333. The Kier molecular flexibility index (Phi) is 5.01. The van der Waals surface area contributed by atoms with Gasteiger partial charge in [0.05, 0.1) is 13.2 Å². The van der Waals surface area contributed by atoms with E-state index in [2.05, 4.69) is 17.4 Å². The van der Waals surface area contributed by atoms with Crippen molar-refractivity contribution in [3.63, 3.8) is 0 Å². The van der Waals surface area contributed by atoms with Gasteiger partial charge in [-0.2, -0.15) is 0 Å². The van der Waals surface area contributed by atoms with Gasteiger partial charge >= 0.3 is 0 Å². The number of ether oxygens (including phenoxy) is 1. The maximum atomic E-state index is 13.1. The average Bonchev–Trinajstić information content (AvgIpc) is 3.36. The number of hydrogen-bond acceptors (Lipinski definition) is 4. The summed E-state index contributed by atoms with van der Waals surface area (Å²) in [7, 11) is 0. The van der Waals surface area contributed by atoms with Crippen molar-refractivity contribution in [2.75, 3.05) is 31.6 Å². The molecule has 6 nitrogen and oxygen atoms in total. The number of rotatable bonds is 4. The van der Waals surface area contributed by atoms with Crippen LogP contribution in [0, 0.1) is 0 Å². The topological polar surface area (TPSA) is 71.8 Å². The Labute approximate surface area is 174 Å². The normalized spacial score (nSPS) is 18.4. The molecule has 154 valence electrons. The second kappa shape index (κ2) is 7.95. The number of carbonyl (C=O) groups excluding carboxylic acids is 2. The van der Waals surface area contributed by atoms with Crippen LogP contribution >= 0.6 is 0 Å². The molecular formula is C24H24N2O4. The van der Waals surface area contributed by atoms with Gasteiger partial charge in [0.15, 0.2) is 0 Å². The van der Waals surface area contributed by atoms with Crippen molar-refractivity contribution in [3.05, 3.63) is 65.4 Å². The minimum absolute atomic E-state index is 0.0979. The van der Waals surface area contributed by atoms with Crippen LogP contribution < -0.4 is 5.32 Å². The number of fused-ring (bicyclic) bond motifs is 2. The van der Waals surface area contributed by atoms with Gasteiger partial charge in [-0.15, -0.1) is 0 Å². The van der Waals surface area contributed by atoms with Crippen LogP contribution in [-0.2, 0) is 16.0 Å². The second-order valence-corrected chi connectivity index (χ2v) is 7.89. The summed E-state index contributed by atoms with van der Waals surface area (Å²) in [6.45, 7) is 2.05. The van der Waals surface area contributed by atoms with Crippen LogP contribution in [0.3, 0.4) is 0 Å². The van der Waals surface area contributed by atoms with Crippen LogP contribution in [0.2, 0.25) is 0 Å². The van der Waals surface area contributed by atoms with E-state index in [1.165, 1.54) is 11.1 Å². The number of aryl methyl sites for hydroxylation is 1. The molecule has 6 heteroatoms. The zero-order valence-electron chi connectivity index (χ0n) is 16.7. The molecule has 1 aliphatic carbocycles. The highest BCUT2D eigenvalue weighted by molar-refractivity contribution is 6.10. The van der Waals surface area contributed by atoms with E-state index < -0.39 is 0 Å². The number of para-hydroxylation sites is 1. The zero-order chi connectivity index (χ0) is 20.5. The first kappa shape index (κ1) is 18.9. The molecule has 2 aliphatic rings. The summed E-state index contributed by atoms with van der Waals surface area (Å²) in [5, 5.41) is 3.74. The number of nitrogens with one attached hydrogen (secondary N) is 1. The molecule has 1 fully saturated rings. The molecule has 0 saturated carbocycles. The lowest BCUT2D eigenvalue weighted by Crippen LogP contribution is -2.40. The monoisotopic (exact) mass is 404 g/mol. The molecule has 1 atom stereocenters. The summed E-state index contributed by atoms with van der Waals surface area (Å²) in [6.07, 6.45) is 2.36. The highest BCUT2D eigenvalue weighted by atomic mass is 16.5. The molecule has 30 heavy (non-hydrogen) atoms. The summed E-state index contributed by atoms with van der Waals surface area (Å²) in [5.41, 5.74) is 3.65. The van der Waals surface area contributed by atoms with Crippen molar-refractivity contribution in [1.82, 2.24) is 4.90 Å². The number of furan rings is 1. The molecule has 5 rings (SSSR count). The molecule has 2 amide bonds. The summed E-state index contributed by atoms with van der Waals surface area (Å²) >= 11 is 0. The lowest BCUT2D eigenvalue weighted by atomic mass is 9.97. The lowest BCUT2D eigenvalue weighted by Gasteiger charge is -2.26. The number of nitrogens with zero attached hydrogens (tertiary/aromatic N) is 1. The number of carbonyl (C=O) groups is 2. The van der Waals surface area contributed by atoms with Crippen LogP contribution in [-0.4, -0.2) is 43.0 Å². The van der Waals surface area contributed by atoms with Crippen molar-refractivity contribution in [1.29, 1.82) is 0 Å². The van der Waals surface area contributed by atoms with Gasteiger partial charge < -0.3 is 19.4 Å². The molecule has 0 radical (unpaired) electrons. The van der Waals surface area contributed by atoms with Crippen LogP contribution in [0.25, 0.3) is 11.0 Å². The molecule has 0 bridgehead atoms. The standard InChI is InChI=1S/C24H24N2O4/c27-21(15-17-10-9-16-5-1-2-6-18(16)17)25-22-19-7-3-4-8-20(19)30-23(22)24(28)26-11-13-29-14-12-26/h1-8,17H,9-15H2,(H,25,27). The second-order valence-electron chi connectivity index (χ2n) is 7.89. The van der Waals surface area contributed by atoms with Crippen LogP contribution in [0.4, 0.5) is 5.69 Å². The lowest BCUT2D eigenvalue weighted by molar-refractivity contribution is -0.116. The van der Waals surface area contributed by atoms with E-state index in [0.717, 1.165) is 18.2 Å². The van der Waals surface area contributed by atoms with E-state index in [0.29, 0.717) is 44.0 Å². The number of benzene rings is 2. The highest BCUT2D eigenvalue weighted by Gasteiger charge is 2.29. The highest BCUT2D eigenvalue weighted by Crippen LogP contribution is 2.37. The summed E-state index contributed by atoms with van der Waals surface area (Å²) in [6, 6.07) is 15.7. The fourth-order valence-electron chi connectivity index (χ4n) is 4.50. The first-order chi connectivity index (χ1) is 14.7. The van der Waals surface area contributed by atoms with Crippen molar-refractivity contribution in [2.45, 2.75) is 25.2 Å². The average molecular weight is 404 g/mol. The van der Waals surface area contributed by atoms with Gasteiger partial charge in [0.2, 0.25) is 11.7 Å². The van der Waals surface area contributed by atoms with E-state index in [-0.39, 0.29) is 23.5 Å². The number of amides is 2. The van der Waals surface area contributed by atoms with Crippen molar-refractivity contribution in [3.8, 4) is 0 Å². The molecule has 3 aromatic rings. The number of anilines is 1. The first-order valence-corrected chi connectivity index (χ1v) is 10.5. The maximum Gasteiger partial charge on any atom is 0.291 e. The summed E-state index contributed by atoms with van der Waals surface area (Å²) in [4.78, 5) is 27.8. The first-order valence-electron chi connectivity index (χ1n) is 10.5. The third-order valence-electron chi connectivity index (χ3n) is 6.04. The smallest absolute Gasteiger partial charge is 0.291 e. The van der Waals surface area contributed by atoms with Gasteiger partial charge in [-0.25, -0.2) is 0 Å². The molecule has 0 spiro atoms. The van der Waals surface area contributed by atoms with Crippen molar-refractivity contribution < 1.29 is 18.7 Å². The molecule has 1 unspecified atom stereocenters. The zero-order valence-corrected chi connectivity index (χ0v) is 16.7. The van der Waals surface area contributed by atoms with E-state index >= 15 is 0 Å². The van der Waals surface area contributed by atoms with E-state index in [9.17, 15) is 9.59 Å². The Bertz CT molecular complexity index is 1100. The fourth-order valence-corrected chi connectivity index (χ4v) is 4.50. The number of morpholine rings is 1. The minimum atomic E-state index is -0.212.